The minimum Gasteiger partial charge on any atom is -0.469 e. The number of ether oxygens (including phenoxy) is 2. The first-order chi connectivity index (χ1) is 9.08. The van der Waals surface area contributed by atoms with Crippen molar-refractivity contribution in [3.05, 3.63) is 42.0 Å². The van der Waals surface area contributed by atoms with Crippen molar-refractivity contribution in [1.82, 2.24) is 0 Å². The predicted molar refractivity (Wildman–Crippen MR) is 66.3 cm³/mol. The van der Waals surface area contributed by atoms with Gasteiger partial charge in [-0.25, -0.2) is 0 Å². The Morgan fingerprint density at radius 2 is 1.84 bits per heavy atom. The Morgan fingerprint density at radius 1 is 1.16 bits per heavy atom. The highest BCUT2D eigenvalue weighted by Gasteiger charge is 2.07. The molecule has 2 aromatic carbocycles. The third kappa shape index (κ3) is 3.40. The zero-order valence-corrected chi connectivity index (χ0v) is 10.2. The minimum atomic E-state index is -2.84. The SMILES string of the molecule is COC(=O)Cc1ccc2cc(OC(F)F)ccc2c1. The van der Waals surface area contributed by atoms with Gasteiger partial charge in [-0.2, -0.15) is 8.78 Å². The smallest absolute Gasteiger partial charge is 0.387 e. The lowest BCUT2D eigenvalue weighted by atomic mass is 10.0. The number of methoxy groups -OCH3 is 1. The van der Waals surface area contributed by atoms with Crippen molar-refractivity contribution in [2.75, 3.05) is 7.11 Å². The van der Waals surface area contributed by atoms with Gasteiger partial charge in [-0.05, 0) is 28.5 Å². The number of carbonyl (C=O) groups excluding carboxylic acids is 1. The van der Waals surface area contributed by atoms with E-state index in [1.165, 1.54) is 19.2 Å². The van der Waals surface area contributed by atoms with E-state index in [4.69, 9.17) is 0 Å². The van der Waals surface area contributed by atoms with Crippen LogP contribution in [0.15, 0.2) is 36.4 Å². The molecule has 0 aromatic heterocycles. The Bertz CT molecular complexity index is 596. The van der Waals surface area contributed by atoms with Crippen LogP contribution in [0.3, 0.4) is 0 Å². The summed E-state index contributed by atoms with van der Waals surface area (Å²) in [6.07, 6.45) is 0.182. The van der Waals surface area contributed by atoms with Gasteiger partial charge in [0.15, 0.2) is 0 Å². The van der Waals surface area contributed by atoms with Gasteiger partial charge in [0.2, 0.25) is 0 Å². The fourth-order valence-corrected chi connectivity index (χ4v) is 1.80. The molecule has 5 heteroatoms. The van der Waals surface area contributed by atoms with Gasteiger partial charge in [-0.15, -0.1) is 0 Å². The molecule has 0 fully saturated rings. The number of benzene rings is 2. The summed E-state index contributed by atoms with van der Waals surface area (Å²) >= 11 is 0. The summed E-state index contributed by atoms with van der Waals surface area (Å²) in [5.41, 5.74) is 0.807. The third-order valence-electron chi connectivity index (χ3n) is 2.68. The molecule has 0 N–H and O–H groups in total. The first-order valence-corrected chi connectivity index (χ1v) is 5.63. The van der Waals surface area contributed by atoms with E-state index < -0.39 is 6.61 Å². The van der Waals surface area contributed by atoms with E-state index >= 15 is 0 Å². The van der Waals surface area contributed by atoms with Crippen LogP contribution < -0.4 is 4.74 Å². The fourth-order valence-electron chi connectivity index (χ4n) is 1.80. The van der Waals surface area contributed by atoms with Crippen molar-refractivity contribution in [3.8, 4) is 5.75 Å². The first-order valence-electron chi connectivity index (χ1n) is 5.63. The van der Waals surface area contributed by atoms with E-state index in [-0.39, 0.29) is 18.1 Å². The average molecular weight is 266 g/mol. The Labute approximate surface area is 108 Å². The van der Waals surface area contributed by atoms with Gasteiger partial charge in [-0.3, -0.25) is 4.79 Å². The molecule has 19 heavy (non-hydrogen) atoms. The highest BCUT2D eigenvalue weighted by Crippen LogP contribution is 2.23. The van der Waals surface area contributed by atoms with E-state index in [0.29, 0.717) is 0 Å². The number of carbonyl (C=O) groups is 1. The van der Waals surface area contributed by atoms with Crippen molar-refractivity contribution in [2.45, 2.75) is 13.0 Å². The molecular formula is C14H12F2O3. The van der Waals surface area contributed by atoms with Crippen LogP contribution in [-0.2, 0) is 16.0 Å². The molecule has 0 aliphatic rings. The molecule has 2 rings (SSSR count). The van der Waals surface area contributed by atoms with Crippen molar-refractivity contribution in [3.63, 3.8) is 0 Å². The monoisotopic (exact) mass is 266 g/mol. The number of alkyl halides is 2. The molecule has 0 saturated heterocycles. The van der Waals surface area contributed by atoms with Gasteiger partial charge in [-0.1, -0.05) is 24.3 Å². The maximum absolute atomic E-state index is 12.1. The van der Waals surface area contributed by atoms with Crippen LogP contribution in [0.25, 0.3) is 10.8 Å². The molecule has 0 unspecified atom stereocenters. The summed E-state index contributed by atoms with van der Waals surface area (Å²) in [4.78, 5) is 11.2. The lowest BCUT2D eigenvalue weighted by Crippen LogP contribution is -2.04. The van der Waals surface area contributed by atoms with Crippen molar-refractivity contribution >= 4 is 16.7 Å². The predicted octanol–water partition coefficient (Wildman–Crippen LogP) is 3.16. The van der Waals surface area contributed by atoms with Crippen LogP contribution in [0.1, 0.15) is 5.56 Å². The van der Waals surface area contributed by atoms with Gasteiger partial charge in [0.25, 0.3) is 0 Å². The van der Waals surface area contributed by atoms with E-state index in [1.807, 2.05) is 6.07 Å². The van der Waals surface area contributed by atoms with Crippen LogP contribution in [0, 0.1) is 0 Å². The quantitative estimate of drug-likeness (QED) is 0.797. The standard InChI is InChI=1S/C14H12F2O3/c1-18-13(17)7-9-2-3-11-8-12(19-14(15)16)5-4-10(11)6-9/h2-6,8,14H,7H2,1H3. The summed E-state index contributed by atoms with van der Waals surface area (Å²) in [7, 11) is 1.33. The number of hydrogen-bond acceptors (Lipinski definition) is 3. The lowest BCUT2D eigenvalue weighted by Gasteiger charge is -2.07. The molecule has 0 atom stereocenters. The van der Waals surface area contributed by atoms with Crippen molar-refractivity contribution in [2.24, 2.45) is 0 Å². The molecule has 0 heterocycles. The molecular weight excluding hydrogens is 254 g/mol. The van der Waals surface area contributed by atoms with Crippen molar-refractivity contribution in [1.29, 1.82) is 0 Å². The van der Waals surface area contributed by atoms with Gasteiger partial charge < -0.3 is 9.47 Å². The molecule has 0 aliphatic heterocycles. The van der Waals surface area contributed by atoms with E-state index in [1.54, 1.807) is 18.2 Å². The Balaban J connectivity index is 2.27. The Kier molecular flexibility index (Phi) is 3.94. The summed E-state index contributed by atoms with van der Waals surface area (Å²) in [5.74, 6) is -0.208. The highest BCUT2D eigenvalue weighted by molar-refractivity contribution is 5.85. The summed E-state index contributed by atoms with van der Waals surface area (Å²) in [5, 5.41) is 1.62. The van der Waals surface area contributed by atoms with Gasteiger partial charge in [0.05, 0.1) is 13.5 Å². The minimum absolute atomic E-state index is 0.114. The molecule has 0 spiro atoms. The second-order valence-corrected chi connectivity index (χ2v) is 3.97. The third-order valence-corrected chi connectivity index (χ3v) is 2.68. The second kappa shape index (κ2) is 5.65. The molecule has 2 aromatic rings. The number of fused-ring (bicyclic) bond motifs is 1. The van der Waals surface area contributed by atoms with Crippen molar-refractivity contribution < 1.29 is 23.0 Å². The normalized spacial score (nSPS) is 10.7. The molecule has 0 bridgehead atoms. The van der Waals surface area contributed by atoms with Gasteiger partial charge in [0.1, 0.15) is 5.75 Å². The summed E-state index contributed by atoms with van der Waals surface area (Å²) in [6, 6.07) is 10.0. The molecule has 0 saturated carbocycles. The zero-order chi connectivity index (χ0) is 13.8. The van der Waals surface area contributed by atoms with E-state index in [0.717, 1.165) is 16.3 Å². The first kappa shape index (κ1) is 13.3. The van der Waals surface area contributed by atoms with Gasteiger partial charge >= 0.3 is 12.6 Å². The number of esters is 1. The second-order valence-electron chi connectivity index (χ2n) is 3.97. The topological polar surface area (TPSA) is 35.5 Å². The fraction of sp³-hybridized carbons (Fsp3) is 0.214. The molecule has 100 valence electrons. The lowest BCUT2D eigenvalue weighted by molar-refractivity contribution is -0.139. The van der Waals surface area contributed by atoms with Crippen LogP contribution >= 0.6 is 0 Å². The summed E-state index contributed by atoms with van der Waals surface area (Å²) in [6.45, 7) is -2.84. The van der Waals surface area contributed by atoms with Gasteiger partial charge in [0, 0.05) is 0 Å². The van der Waals surface area contributed by atoms with Crippen LogP contribution in [0.2, 0.25) is 0 Å². The van der Waals surface area contributed by atoms with E-state index in [2.05, 4.69) is 9.47 Å². The maximum atomic E-state index is 12.1. The van der Waals surface area contributed by atoms with E-state index in [9.17, 15) is 13.6 Å². The molecule has 0 aliphatic carbocycles. The van der Waals surface area contributed by atoms with Crippen LogP contribution in [0.4, 0.5) is 8.78 Å². The van der Waals surface area contributed by atoms with Crippen LogP contribution in [-0.4, -0.2) is 19.7 Å². The zero-order valence-electron chi connectivity index (χ0n) is 10.2. The molecule has 0 amide bonds. The maximum Gasteiger partial charge on any atom is 0.387 e. The number of hydrogen-bond donors (Lipinski definition) is 0. The summed E-state index contributed by atoms with van der Waals surface area (Å²) < 4.78 is 33.1. The molecule has 3 nitrogen and oxygen atoms in total. The largest absolute Gasteiger partial charge is 0.469 e. The number of rotatable bonds is 4. The Hall–Kier alpha value is -2.17. The Morgan fingerprint density at radius 3 is 2.53 bits per heavy atom. The van der Waals surface area contributed by atoms with Crippen LogP contribution in [0.5, 0.6) is 5.75 Å². The highest BCUT2D eigenvalue weighted by atomic mass is 19.3. The molecule has 0 radical (unpaired) electrons. The average Bonchev–Trinajstić information content (AvgIpc) is 2.38. The number of halogens is 2.